The molecule has 2 aromatic heterocycles. The topological polar surface area (TPSA) is 94.0 Å². The molecule has 6 nitrogen and oxygen atoms in total. The Labute approximate surface area is 166 Å². The van der Waals surface area contributed by atoms with Gasteiger partial charge in [-0.2, -0.15) is 0 Å². The van der Waals surface area contributed by atoms with Crippen molar-refractivity contribution in [2.75, 3.05) is 6.54 Å². The number of hydrogen-bond donors (Lipinski definition) is 2. The highest BCUT2D eigenvalue weighted by atomic mass is 35.5. The quantitative estimate of drug-likeness (QED) is 0.783. The van der Waals surface area contributed by atoms with Crippen molar-refractivity contribution in [1.82, 2.24) is 15.5 Å². The van der Waals surface area contributed by atoms with Gasteiger partial charge in [0, 0.05) is 24.2 Å². The number of nitrogens with one attached hydrogen (secondary N) is 1. The van der Waals surface area contributed by atoms with Crippen LogP contribution in [0.15, 0.2) is 10.6 Å². The van der Waals surface area contributed by atoms with Gasteiger partial charge in [0.2, 0.25) is 0 Å². The summed E-state index contributed by atoms with van der Waals surface area (Å²) in [5.41, 5.74) is 8.78. The Morgan fingerprint density at radius 3 is 2.59 bits per heavy atom. The standard InChI is InChI=1S/C20H28N4O2.ClH/c1-20(2,3)9-15-17-13(18(25)22-16(10-21)12-6-7-12)8-14(11-4-5-11)23-19(17)26-24-15;/h8,11-12,16H,4-7,9-10,21H2,1-3H3,(H,22,25);1H. The molecule has 3 N–H and O–H groups in total. The lowest BCUT2D eigenvalue weighted by Crippen LogP contribution is -2.41. The fraction of sp³-hybridized carbons (Fsp3) is 0.650. The maximum Gasteiger partial charge on any atom is 0.259 e. The molecule has 148 valence electrons. The van der Waals surface area contributed by atoms with Gasteiger partial charge in [-0.3, -0.25) is 4.79 Å². The number of pyridine rings is 1. The highest BCUT2D eigenvalue weighted by Gasteiger charge is 2.34. The van der Waals surface area contributed by atoms with Crippen LogP contribution in [0.5, 0.6) is 0 Å². The summed E-state index contributed by atoms with van der Waals surface area (Å²) in [6.45, 7) is 6.92. The number of nitrogens with two attached hydrogens (primary N) is 1. The lowest BCUT2D eigenvalue weighted by molar-refractivity contribution is 0.0935. The number of rotatable bonds is 6. The molecule has 4 rings (SSSR count). The molecule has 0 aliphatic heterocycles. The summed E-state index contributed by atoms with van der Waals surface area (Å²) in [7, 11) is 0. The highest BCUT2D eigenvalue weighted by molar-refractivity contribution is 6.06. The van der Waals surface area contributed by atoms with Crippen molar-refractivity contribution >= 4 is 29.4 Å². The third kappa shape index (κ3) is 4.43. The number of carbonyl (C=O) groups is 1. The molecule has 1 atom stereocenters. The summed E-state index contributed by atoms with van der Waals surface area (Å²) in [5, 5.41) is 8.15. The van der Waals surface area contributed by atoms with Crippen molar-refractivity contribution in [3.05, 3.63) is 23.0 Å². The van der Waals surface area contributed by atoms with E-state index < -0.39 is 0 Å². The molecular weight excluding hydrogens is 364 g/mol. The van der Waals surface area contributed by atoms with Crippen molar-refractivity contribution in [3.63, 3.8) is 0 Å². The first-order chi connectivity index (χ1) is 12.4. The SMILES string of the molecule is CC(C)(C)Cc1noc2nc(C3CC3)cc(C(=O)NC(CN)C3CC3)c12.Cl. The van der Waals surface area contributed by atoms with Crippen LogP contribution < -0.4 is 11.1 Å². The first-order valence-corrected chi connectivity index (χ1v) is 9.66. The Bertz CT molecular complexity index is 834. The summed E-state index contributed by atoms with van der Waals surface area (Å²) in [5.74, 6) is 0.872. The molecule has 2 aliphatic rings. The molecule has 0 radical (unpaired) electrons. The average Bonchev–Trinajstić information content (AvgIpc) is 3.48. The highest BCUT2D eigenvalue weighted by Crippen LogP contribution is 2.41. The van der Waals surface area contributed by atoms with E-state index in [4.69, 9.17) is 10.3 Å². The minimum atomic E-state index is -0.0833. The third-order valence-electron chi connectivity index (χ3n) is 5.24. The second-order valence-electron chi connectivity index (χ2n) is 9.07. The predicted molar refractivity (Wildman–Crippen MR) is 107 cm³/mol. The van der Waals surface area contributed by atoms with Crippen LogP contribution in [0.3, 0.4) is 0 Å². The molecule has 2 heterocycles. The van der Waals surface area contributed by atoms with E-state index in [1.165, 1.54) is 0 Å². The van der Waals surface area contributed by atoms with Crippen molar-refractivity contribution < 1.29 is 9.32 Å². The maximum absolute atomic E-state index is 13.1. The minimum Gasteiger partial charge on any atom is -0.348 e. The van der Waals surface area contributed by atoms with E-state index in [-0.39, 0.29) is 29.8 Å². The molecule has 2 fully saturated rings. The number of nitrogens with zero attached hydrogens (tertiary/aromatic N) is 2. The van der Waals surface area contributed by atoms with E-state index in [1.54, 1.807) is 0 Å². The summed E-state index contributed by atoms with van der Waals surface area (Å²) in [6, 6.07) is 1.99. The van der Waals surface area contributed by atoms with E-state index in [1.807, 2.05) is 6.07 Å². The molecule has 1 amide bonds. The maximum atomic E-state index is 13.1. The smallest absolute Gasteiger partial charge is 0.259 e. The first-order valence-electron chi connectivity index (χ1n) is 9.66. The Balaban J connectivity index is 0.00000210. The molecule has 0 saturated heterocycles. The molecule has 0 aromatic carbocycles. The van der Waals surface area contributed by atoms with Crippen LogP contribution in [0, 0.1) is 11.3 Å². The van der Waals surface area contributed by atoms with Crippen LogP contribution in [0.25, 0.3) is 11.1 Å². The van der Waals surface area contributed by atoms with Gasteiger partial charge in [0.25, 0.3) is 11.6 Å². The Morgan fingerprint density at radius 2 is 2.04 bits per heavy atom. The fourth-order valence-corrected chi connectivity index (χ4v) is 3.53. The minimum absolute atomic E-state index is 0. The predicted octanol–water partition coefficient (Wildman–Crippen LogP) is 3.58. The Hall–Kier alpha value is -1.66. The largest absolute Gasteiger partial charge is 0.348 e. The molecule has 2 aliphatic carbocycles. The van der Waals surface area contributed by atoms with E-state index >= 15 is 0 Å². The number of carbonyl (C=O) groups excluding carboxylic acids is 1. The number of fused-ring (bicyclic) bond motifs is 1. The van der Waals surface area contributed by atoms with Gasteiger partial charge < -0.3 is 15.6 Å². The van der Waals surface area contributed by atoms with Crippen LogP contribution >= 0.6 is 12.4 Å². The normalized spacial score (nSPS) is 18.2. The van der Waals surface area contributed by atoms with Gasteiger partial charge >= 0.3 is 0 Å². The average molecular weight is 393 g/mol. The number of halogens is 1. The summed E-state index contributed by atoms with van der Waals surface area (Å²) in [6.07, 6.45) is 5.26. The molecule has 27 heavy (non-hydrogen) atoms. The molecule has 2 aromatic rings. The number of hydrogen-bond acceptors (Lipinski definition) is 5. The zero-order valence-electron chi connectivity index (χ0n) is 16.2. The van der Waals surface area contributed by atoms with Gasteiger partial charge in [-0.25, -0.2) is 4.98 Å². The Kier molecular flexibility index (Phi) is 5.50. The van der Waals surface area contributed by atoms with Crippen LogP contribution in [0.1, 0.15) is 74.1 Å². The van der Waals surface area contributed by atoms with Crippen LogP contribution in [-0.2, 0) is 6.42 Å². The van der Waals surface area contributed by atoms with Crippen LogP contribution in [0.4, 0.5) is 0 Å². The van der Waals surface area contributed by atoms with Gasteiger partial charge in [-0.15, -0.1) is 12.4 Å². The summed E-state index contributed by atoms with van der Waals surface area (Å²) in [4.78, 5) is 17.8. The molecule has 0 spiro atoms. The van der Waals surface area contributed by atoms with Crippen LogP contribution in [-0.4, -0.2) is 28.6 Å². The third-order valence-corrected chi connectivity index (χ3v) is 5.24. The first kappa shape index (κ1) is 20.1. The fourth-order valence-electron chi connectivity index (χ4n) is 3.53. The lowest BCUT2D eigenvalue weighted by atomic mass is 9.89. The molecule has 1 unspecified atom stereocenters. The van der Waals surface area contributed by atoms with Gasteiger partial charge in [0.1, 0.15) is 0 Å². The molecular formula is C20H29ClN4O2. The van der Waals surface area contributed by atoms with Gasteiger partial charge in [-0.1, -0.05) is 25.9 Å². The molecule has 2 saturated carbocycles. The van der Waals surface area contributed by atoms with E-state index in [9.17, 15) is 4.79 Å². The van der Waals surface area contributed by atoms with Crippen molar-refractivity contribution in [1.29, 1.82) is 0 Å². The van der Waals surface area contributed by atoms with Gasteiger partial charge in [0.15, 0.2) is 0 Å². The van der Waals surface area contributed by atoms with Crippen molar-refractivity contribution in [3.8, 4) is 0 Å². The summed E-state index contributed by atoms with van der Waals surface area (Å²) < 4.78 is 5.53. The number of aromatic nitrogens is 2. The second-order valence-corrected chi connectivity index (χ2v) is 9.07. The van der Waals surface area contributed by atoms with Crippen LogP contribution in [0.2, 0.25) is 0 Å². The Morgan fingerprint density at radius 1 is 1.33 bits per heavy atom. The zero-order valence-corrected chi connectivity index (χ0v) is 17.1. The van der Waals surface area contributed by atoms with E-state index in [0.717, 1.165) is 48.9 Å². The summed E-state index contributed by atoms with van der Waals surface area (Å²) >= 11 is 0. The monoisotopic (exact) mass is 392 g/mol. The second kappa shape index (κ2) is 7.40. The van der Waals surface area contributed by atoms with Crippen molar-refractivity contribution in [2.45, 2.75) is 64.8 Å². The van der Waals surface area contributed by atoms with E-state index in [0.29, 0.717) is 29.7 Å². The molecule has 7 heteroatoms. The van der Waals surface area contributed by atoms with Crippen molar-refractivity contribution in [2.24, 2.45) is 17.1 Å². The van der Waals surface area contributed by atoms with Gasteiger partial charge in [-0.05, 0) is 49.5 Å². The number of amides is 1. The molecule has 0 bridgehead atoms. The van der Waals surface area contributed by atoms with Gasteiger partial charge in [0.05, 0.1) is 16.6 Å². The zero-order chi connectivity index (χ0) is 18.5. The lowest BCUT2D eigenvalue weighted by Gasteiger charge is -2.18. The van der Waals surface area contributed by atoms with E-state index in [2.05, 4.69) is 36.2 Å².